The number of hydrogen-bond donors (Lipinski definition) is 2. The van der Waals surface area contributed by atoms with Crippen molar-refractivity contribution in [2.24, 2.45) is 5.73 Å². The molecule has 1 heterocycles. The molecule has 1 saturated heterocycles. The number of anilines is 1. The van der Waals surface area contributed by atoms with Gasteiger partial charge >= 0.3 is 0 Å². The highest BCUT2D eigenvalue weighted by Crippen LogP contribution is 2.23. The Morgan fingerprint density at radius 2 is 1.94 bits per heavy atom. The van der Waals surface area contributed by atoms with Gasteiger partial charge in [-0.15, -0.1) is 0 Å². The van der Waals surface area contributed by atoms with Crippen LogP contribution in [0.2, 0.25) is 0 Å². The minimum Gasteiger partial charge on any atom is -0.353 e. The summed E-state index contributed by atoms with van der Waals surface area (Å²) in [7, 11) is 0. The molecule has 0 spiro atoms. The van der Waals surface area contributed by atoms with Crippen molar-refractivity contribution in [3.63, 3.8) is 0 Å². The number of nitrogens with one attached hydrogen (secondary N) is 1. The monoisotopic (exact) mass is 237 g/mol. The number of amides is 2. The van der Waals surface area contributed by atoms with Crippen LogP contribution in [0.1, 0.15) is 5.56 Å². The summed E-state index contributed by atoms with van der Waals surface area (Å²) in [4.78, 5) is 24.0. The maximum atomic E-state index is 13.5. The highest BCUT2D eigenvalue weighted by Gasteiger charge is 2.24. The third kappa shape index (κ3) is 2.26. The molecule has 0 aliphatic carbocycles. The molecule has 17 heavy (non-hydrogen) atoms. The van der Waals surface area contributed by atoms with Crippen LogP contribution in [0.25, 0.3) is 0 Å². The van der Waals surface area contributed by atoms with Crippen LogP contribution in [0.4, 0.5) is 10.1 Å². The Balaban J connectivity index is 2.36. The molecule has 2 amide bonds. The fraction of sp³-hybridized carbons (Fsp3) is 0.273. The lowest BCUT2D eigenvalue weighted by molar-refractivity contribution is -0.130. The number of imide groups is 1. The van der Waals surface area contributed by atoms with Crippen LogP contribution in [-0.2, 0) is 16.1 Å². The third-order valence-electron chi connectivity index (χ3n) is 2.59. The van der Waals surface area contributed by atoms with E-state index in [2.05, 4.69) is 5.32 Å². The quantitative estimate of drug-likeness (QED) is 0.695. The number of hydrogen-bond acceptors (Lipinski definition) is 4. The molecule has 1 aromatic rings. The standard InChI is InChI=1S/C11H12FN3O2/c12-8-2-1-3-9(7(8)4-13)15-5-10(16)14-11(17)6-15/h1-3H,4-6,13H2,(H,14,16,17). The SMILES string of the molecule is NCc1c(F)cccc1N1CC(=O)NC(=O)C1. The number of halogens is 1. The number of carbonyl (C=O) groups excluding carboxylic acids is 2. The first-order valence-corrected chi connectivity index (χ1v) is 5.17. The van der Waals surface area contributed by atoms with Gasteiger partial charge in [-0.1, -0.05) is 6.07 Å². The van der Waals surface area contributed by atoms with Crippen LogP contribution in [0, 0.1) is 5.82 Å². The first-order chi connectivity index (χ1) is 8.11. The van der Waals surface area contributed by atoms with Gasteiger partial charge in [-0.25, -0.2) is 4.39 Å². The number of nitrogens with zero attached hydrogens (tertiary/aromatic N) is 1. The van der Waals surface area contributed by atoms with E-state index in [-0.39, 0.29) is 19.6 Å². The highest BCUT2D eigenvalue weighted by molar-refractivity contribution is 6.02. The molecule has 5 nitrogen and oxygen atoms in total. The van der Waals surface area contributed by atoms with Gasteiger partial charge in [0.25, 0.3) is 0 Å². The summed E-state index contributed by atoms with van der Waals surface area (Å²) in [5.41, 5.74) is 6.29. The van der Waals surface area contributed by atoms with E-state index in [0.717, 1.165) is 0 Å². The van der Waals surface area contributed by atoms with Crippen LogP contribution < -0.4 is 16.0 Å². The van der Waals surface area contributed by atoms with Gasteiger partial charge in [0.15, 0.2) is 0 Å². The molecule has 1 aliphatic heterocycles. The highest BCUT2D eigenvalue weighted by atomic mass is 19.1. The number of carbonyl (C=O) groups is 2. The predicted octanol–water partition coefficient (Wildman–Crippen LogP) is -0.253. The molecule has 0 aromatic heterocycles. The Morgan fingerprint density at radius 1 is 1.29 bits per heavy atom. The van der Waals surface area contributed by atoms with Crippen molar-refractivity contribution >= 4 is 17.5 Å². The van der Waals surface area contributed by atoms with E-state index in [9.17, 15) is 14.0 Å². The predicted molar refractivity (Wildman–Crippen MR) is 59.7 cm³/mol. The van der Waals surface area contributed by atoms with Gasteiger partial charge in [-0.3, -0.25) is 14.9 Å². The number of benzene rings is 1. The Hall–Kier alpha value is -1.95. The summed E-state index contributed by atoms with van der Waals surface area (Å²) in [6.45, 7) is 0.0820. The molecular formula is C11H12FN3O2. The molecule has 0 saturated carbocycles. The minimum atomic E-state index is -0.427. The summed E-state index contributed by atoms with van der Waals surface area (Å²) in [6, 6.07) is 4.48. The summed E-state index contributed by atoms with van der Waals surface area (Å²) in [5, 5.41) is 2.19. The van der Waals surface area contributed by atoms with Gasteiger partial charge in [-0.05, 0) is 12.1 Å². The van der Waals surface area contributed by atoms with Gasteiger partial charge in [-0.2, -0.15) is 0 Å². The normalized spacial score (nSPS) is 16.0. The second kappa shape index (κ2) is 4.50. The van der Waals surface area contributed by atoms with Gasteiger partial charge < -0.3 is 10.6 Å². The lowest BCUT2D eigenvalue weighted by atomic mass is 10.1. The largest absolute Gasteiger partial charge is 0.353 e. The number of nitrogens with two attached hydrogens (primary N) is 1. The van der Waals surface area contributed by atoms with Crippen molar-refractivity contribution in [1.29, 1.82) is 0 Å². The summed E-state index contributed by atoms with van der Waals surface area (Å²) < 4.78 is 13.5. The zero-order valence-electron chi connectivity index (χ0n) is 9.07. The molecule has 0 atom stereocenters. The van der Waals surface area contributed by atoms with Crippen LogP contribution in [0.5, 0.6) is 0 Å². The summed E-state index contributed by atoms with van der Waals surface area (Å²) in [6.07, 6.45) is 0. The zero-order chi connectivity index (χ0) is 12.4. The van der Waals surface area contributed by atoms with Crippen molar-refractivity contribution in [3.05, 3.63) is 29.6 Å². The smallest absolute Gasteiger partial charge is 0.246 e. The van der Waals surface area contributed by atoms with Crippen molar-refractivity contribution < 1.29 is 14.0 Å². The molecule has 1 aliphatic rings. The molecular weight excluding hydrogens is 225 g/mol. The van der Waals surface area contributed by atoms with Gasteiger partial charge in [0.1, 0.15) is 5.82 Å². The topological polar surface area (TPSA) is 75.4 Å². The molecule has 90 valence electrons. The fourth-order valence-corrected chi connectivity index (χ4v) is 1.85. The lowest BCUT2D eigenvalue weighted by Gasteiger charge is -2.29. The van der Waals surface area contributed by atoms with Crippen LogP contribution in [0.3, 0.4) is 0 Å². The Bertz CT molecular complexity index is 460. The fourth-order valence-electron chi connectivity index (χ4n) is 1.85. The van der Waals surface area contributed by atoms with Crippen molar-refractivity contribution in [3.8, 4) is 0 Å². The molecule has 3 N–H and O–H groups in total. The second-order valence-corrected chi connectivity index (χ2v) is 3.77. The Labute approximate surface area is 97.4 Å². The van der Waals surface area contributed by atoms with Crippen molar-refractivity contribution in [2.75, 3.05) is 18.0 Å². The maximum Gasteiger partial charge on any atom is 0.246 e. The molecule has 0 unspecified atom stereocenters. The molecule has 0 bridgehead atoms. The minimum absolute atomic E-state index is 0.0221. The Morgan fingerprint density at radius 3 is 2.53 bits per heavy atom. The van der Waals surface area contributed by atoms with Gasteiger partial charge in [0, 0.05) is 17.8 Å². The van der Waals surface area contributed by atoms with E-state index in [1.165, 1.54) is 17.0 Å². The van der Waals surface area contributed by atoms with Gasteiger partial charge in [0.2, 0.25) is 11.8 Å². The average molecular weight is 237 g/mol. The molecule has 1 fully saturated rings. The van der Waals surface area contributed by atoms with Crippen molar-refractivity contribution in [1.82, 2.24) is 5.32 Å². The van der Waals surface area contributed by atoms with E-state index in [0.29, 0.717) is 11.3 Å². The van der Waals surface area contributed by atoms with E-state index < -0.39 is 17.6 Å². The van der Waals surface area contributed by atoms with E-state index in [4.69, 9.17) is 5.73 Å². The lowest BCUT2D eigenvalue weighted by Crippen LogP contribution is -2.51. The van der Waals surface area contributed by atoms with Crippen molar-refractivity contribution in [2.45, 2.75) is 6.54 Å². The molecule has 1 aromatic carbocycles. The van der Waals surface area contributed by atoms with E-state index in [1.807, 2.05) is 0 Å². The number of piperazine rings is 1. The molecule has 0 radical (unpaired) electrons. The summed E-state index contributed by atoms with van der Waals surface area (Å²) in [5.74, 6) is -1.22. The summed E-state index contributed by atoms with van der Waals surface area (Å²) >= 11 is 0. The molecule has 2 rings (SSSR count). The van der Waals surface area contributed by atoms with E-state index >= 15 is 0 Å². The average Bonchev–Trinajstić information content (AvgIpc) is 2.27. The molecule has 6 heteroatoms. The van der Waals surface area contributed by atoms with Gasteiger partial charge in [0.05, 0.1) is 13.1 Å². The first-order valence-electron chi connectivity index (χ1n) is 5.17. The first kappa shape index (κ1) is 11.5. The van der Waals surface area contributed by atoms with Crippen LogP contribution in [0.15, 0.2) is 18.2 Å². The third-order valence-corrected chi connectivity index (χ3v) is 2.59. The van der Waals surface area contributed by atoms with E-state index in [1.54, 1.807) is 6.07 Å². The van der Waals surface area contributed by atoms with Crippen LogP contribution >= 0.6 is 0 Å². The maximum absolute atomic E-state index is 13.5. The van der Waals surface area contributed by atoms with Crippen LogP contribution in [-0.4, -0.2) is 24.9 Å². The second-order valence-electron chi connectivity index (χ2n) is 3.77. The zero-order valence-corrected chi connectivity index (χ0v) is 9.07. The Kier molecular flexibility index (Phi) is 3.06. The number of rotatable bonds is 2.